The molecule has 3 atom stereocenters. The fourth-order valence-electron chi connectivity index (χ4n) is 3.50. The molecule has 0 spiro atoms. The molecule has 108 valence electrons. The third-order valence-electron chi connectivity index (χ3n) is 4.59. The van der Waals surface area contributed by atoms with Crippen LogP contribution in [0.25, 0.3) is 0 Å². The van der Waals surface area contributed by atoms with Crippen LogP contribution < -0.4 is 5.32 Å². The number of likely N-dealkylation sites (tertiary alicyclic amines) is 1. The van der Waals surface area contributed by atoms with Crippen LogP contribution in [-0.2, 0) is 9.53 Å². The van der Waals surface area contributed by atoms with Gasteiger partial charge in [-0.3, -0.25) is 4.79 Å². The van der Waals surface area contributed by atoms with Gasteiger partial charge >= 0.3 is 5.97 Å². The van der Waals surface area contributed by atoms with Crippen molar-refractivity contribution in [3.8, 4) is 0 Å². The van der Waals surface area contributed by atoms with Crippen LogP contribution >= 0.6 is 0 Å². The summed E-state index contributed by atoms with van der Waals surface area (Å²) in [5, 5.41) is 3.45. The molecule has 3 unspecified atom stereocenters. The van der Waals surface area contributed by atoms with Gasteiger partial charge < -0.3 is 15.0 Å². The number of nitrogens with zero attached hydrogens (tertiary/aromatic N) is 1. The summed E-state index contributed by atoms with van der Waals surface area (Å²) in [7, 11) is 1.47. The van der Waals surface area contributed by atoms with Gasteiger partial charge in [0.05, 0.1) is 13.0 Å². The fraction of sp³-hybridized carbons (Fsp3) is 0.562. The molecule has 0 saturated carbocycles. The quantitative estimate of drug-likeness (QED) is 0.835. The third-order valence-corrected chi connectivity index (χ3v) is 4.59. The van der Waals surface area contributed by atoms with Crippen LogP contribution in [-0.4, -0.2) is 50.7 Å². The van der Waals surface area contributed by atoms with Crippen molar-refractivity contribution >= 4 is 5.97 Å². The molecule has 0 bridgehead atoms. The van der Waals surface area contributed by atoms with Crippen molar-refractivity contribution in [2.45, 2.75) is 5.92 Å². The van der Waals surface area contributed by atoms with Crippen LogP contribution in [0.2, 0.25) is 0 Å². The summed E-state index contributed by atoms with van der Waals surface area (Å²) in [6.45, 7) is 5.20. The Morgan fingerprint density at radius 1 is 1.30 bits per heavy atom. The highest BCUT2D eigenvalue weighted by Crippen LogP contribution is 2.29. The van der Waals surface area contributed by atoms with Gasteiger partial charge in [0.2, 0.25) is 0 Å². The van der Waals surface area contributed by atoms with E-state index in [0.29, 0.717) is 0 Å². The van der Waals surface area contributed by atoms with E-state index in [0.717, 1.165) is 50.1 Å². The molecular formula is C16H22N2O2. The molecule has 1 N–H and O–H groups in total. The molecule has 20 heavy (non-hydrogen) atoms. The molecule has 2 saturated heterocycles. The second-order valence-electron chi connectivity index (χ2n) is 5.88. The van der Waals surface area contributed by atoms with Crippen molar-refractivity contribution in [2.24, 2.45) is 11.8 Å². The Kier molecular flexibility index (Phi) is 4.03. The summed E-state index contributed by atoms with van der Waals surface area (Å²) in [6.07, 6.45) is 0. The zero-order chi connectivity index (χ0) is 13.9. The van der Waals surface area contributed by atoms with E-state index < -0.39 is 0 Å². The number of hydrogen-bond acceptors (Lipinski definition) is 4. The average molecular weight is 274 g/mol. The summed E-state index contributed by atoms with van der Waals surface area (Å²) in [5.74, 6) is 1.20. The second kappa shape index (κ2) is 5.94. The topological polar surface area (TPSA) is 41.6 Å². The number of benzene rings is 1. The van der Waals surface area contributed by atoms with E-state index in [-0.39, 0.29) is 11.9 Å². The molecule has 4 heteroatoms. The predicted molar refractivity (Wildman–Crippen MR) is 77.5 cm³/mol. The van der Waals surface area contributed by atoms with Crippen molar-refractivity contribution in [1.82, 2.24) is 10.2 Å². The van der Waals surface area contributed by atoms with E-state index in [1.165, 1.54) is 7.11 Å². The zero-order valence-corrected chi connectivity index (χ0v) is 11.9. The first-order valence-corrected chi connectivity index (χ1v) is 7.33. The fourth-order valence-corrected chi connectivity index (χ4v) is 3.50. The number of nitrogens with one attached hydrogen (secondary N) is 1. The number of rotatable bonds is 4. The zero-order valence-electron chi connectivity index (χ0n) is 11.9. The minimum atomic E-state index is -0.173. The van der Waals surface area contributed by atoms with Crippen molar-refractivity contribution < 1.29 is 9.53 Å². The van der Waals surface area contributed by atoms with Crippen LogP contribution in [0.5, 0.6) is 0 Å². The molecule has 2 fully saturated rings. The molecule has 1 aromatic carbocycles. The Morgan fingerprint density at radius 2 is 1.95 bits per heavy atom. The Morgan fingerprint density at radius 3 is 2.55 bits per heavy atom. The van der Waals surface area contributed by atoms with Crippen molar-refractivity contribution in [2.75, 3.05) is 39.8 Å². The minimum Gasteiger partial charge on any atom is -0.469 e. The summed E-state index contributed by atoms with van der Waals surface area (Å²) in [6, 6.07) is 9.96. The second-order valence-corrected chi connectivity index (χ2v) is 5.88. The van der Waals surface area contributed by atoms with Crippen molar-refractivity contribution in [3.63, 3.8) is 0 Å². The smallest absolute Gasteiger partial charge is 0.314 e. The number of hydrogen-bond donors (Lipinski definition) is 1. The van der Waals surface area contributed by atoms with Crippen LogP contribution in [0, 0.1) is 11.8 Å². The number of carbonyl (C=O) groups excluding carboxylic acids is 1. The standard InChI is InChI=1S/C16H22N2O2/c1-20-16(19)15(12-5-3-2-4-6-12)11-18-9-13-7-17-8-14(13)10-18/h2-6,13-15,17H,7-11H2,1H3. The number of fused-ring (bicyclic) bond motifs is 1. The molecule has 0 radical (unpaired) electrons. The highest BCUT2D eigenvalue weighted by molar-refractivity contribution is 5.78. The normalized spacial score (nSPS) is 27.2. The highest BCUT2D eigenvalue weighted by atomic mass is 16.5. The maximum Gasteiger partial charge on any atom is 0.314 e. The summed E-state index contributed by atoms with van der Waals surface area (Å²) >= 11 is 0. The first kappa shape index (κ1) is 13.6. The lowest BCUT2D eigenvalue weighted by Gasteiger charge is -2.23. The van der Waals surface area contributed by atoms with Crippen LogP contribution in [0.15, 0.2) is 30.3 Å². The average Bonchev–Trinajstić information content (AvgIpc) is 3.06. The minimum absolute atomic E-state index is 0.133. The van der Waals surface area contributed by atoms with E-state index in [1.807, 2.05) is 30.3 Å². The highest BCUT2D eigenvalue weighted by Gasteiger charge is 2.37. The Hall–Kier alpha value is -1.39. The van der Waals surface area contributed by atoms with Crippen LogP contribution in [0.3, 0.4) is 0 Å². The number of carbonyl (C=O) groups is 1. The van der Waals surface area contributed by atoms with Crippen LogP contribution in [0.4, 0.5) is 0 Å². The van der Waals surface area contributed by atoms with Gasteiger partial charge in [-0.2, -0.15) is 0 Å². The maximum absolute atomic E-state index is 12.1. The number of methoxy groups -OCH3 is 1. The van der Waals surface area contributed by atoms with Crippen molar-refractivity contribution in [3.05, 3.63) is 35.9 Å². The first-order chi connectivity index (χ1) is 9.78. The largest absolute Gasteiger partial charge is 0.469 e. The molecule has 0 aromatic heterocycles. The van der Waals surface area contributed by atoms with Gasteiger partial charge in [0.15, 0.2) is 0 Å². The Labute approximate surface area is 120 Å². The van der Waals surface area contributed by atoms with E-state index >= 15 is 0 Å². The molecule has 1 aromatic rings. The molecule has 2 aliphatic rings. The first-order valence-electron chi connectivity index (χ1n) is 7.33. The van der Waals surface area contributed by atoms with Gasteiger partial charge in [0.1, 0.15) is 0 Å². The van der Waals surface area contributed by atoms with E-state index in [9.17, 15) is 4.79 Å². The molecule has 0 amide bonds. The van der Waals surface area contributed by atoms with E-state index in [2.05, 4.69) is 10.2 Å². The van der Waals surface area contributed by atoms with Gasteiger partial charge in [-0.1, -0.05) is 30.3 Å². The lowest BCUT2D eigenvalue weighted by Crippen LogP contribution is -2.33. The summed E-state index contributed by atoms with van der Waals surface area (Å²) in [4.78, 5) is 14.5. The SMILES string of the molecule is COC(=O)C(CN1CC2CNCC2C1)c1ccccc1. The monoisotopic (exact) mass is 274 g/mol. The molecule has 3 rings (SSSR count). The molecule has 2 heterocycles. The predicted octanol–water partition coefficient (Wildman–Crippen LogP) is 1.09. The van der Waals surface area contributed by atoms with Gasteiger partial charge in [0.25, 0.3) is 0 Å². The van der Waals surface area contributed by atoms with Gasteiger partial charge in [-0.05, 0) is 30.5 Å². The van der Waals surface area contributed by atoms with Gasteiger partial charge in [0, 0.05) is 19.6 Å². The van der Waals surface area contributed by atoms with Crippen LogP contribution in [0.1, 0.15) is 11.5 Å². The number of esters is 1. The third kappa shape index (κ3) is 2.72. The summed E-state index contributed by atoms with van der Waals surface area (Å²) in [5.41, 5.74) is 1.05. The van der Waals surface area contributed by atoms with E-state index in [1.54, 1.807) is 0 Å². The lowest BCUT2D eigenvalue weighted by molar-refractivity contribution is -0.142. The lowest BCUT2D eigenvalue weighted by atomic mass is 9.98. The number of ether oxygens (including phenoxy) is 1. The molecule has 4 nitrogen and oxygen atoms in total. The van der Waals surface area contributed by atoms with E-state index in [4.69, 9.17) is 4.74 Å². The van der Waals surface area contributed by atoms with Crippen molar-refractivity contribution in [1.29, 1.82) is 0 Å². The molecular weight excluding hydrogens is 252 g/mol. The Balaban J connectivity index is 1.70. The molecule has 2 aliphatic heterocycles. The maximum atomic E-state index is 12.1. The van der Waals surface area contributed by atoms with Gasteiger partial charge in [-0.25, -0.2) is 0 Å². The summed E-state index contributed by atoms with van der Waals surface area (Å²) < 4.78 is 4.99. The molecule has 0 aliphatic carbocycles. The van der Waals surface area contributed by atoms with Gasteiger partial charge in [-0.15, -0.1) is 0 Å². The Bertz CT molecular complexity index is 451.